The first-order valence-corrected chi connectivity index (χ1v) is 11.5. The molecule has 1 amide bonds. The number of carbonyl (C=O) groups is 1. The van der Waals surface area contributed by atoms with Crippen molar-refractivity contribution in [1.29, 1.82) is 0 Å². The lowest BCUT2D eigenvalue weighted by Gasteiger charge is -2.13. The summed E-state index contributed by atoms with van der Waals surface area (Å²) in [6.45, 7) is 1.90. The van der Waals surface area contributed by atoms with Gasteiger partial charge in [-0.25, -0.2) is 0 Å². The minimum Gasteiger partial charge on any atom is -0.489 e. The van der Waals surface area contributed by atoms with Crippen LogP contribution in [0.1, 0.15) is 41.9 Å². The highest BCUT2D eigenvalue weighted by Gasteiger charge is 2.21. The van der Waals surface area contributed by atoms with E-state index in [1.807, 2.05) is 6.07 Å². The van der Waals surface area contributed by atoms with Gasteiger partial charge in [0.1, 0.15) is 5.82 Å². The molecule has 7 nitrogen and oxygen atoms in total. The third-order valence-electron chi connectivity index (χ3n) is 5.64. The fourth-order valence-corrected chi connectivity index (χ4v) is 4.49. The van der Waals surface area contributed by atoms with Gasteiger partial charge in [-0.15, -0.1) is 10.2 Å². The van der Waals surface area contributed by atoms with Crippen molar-refractivity contribution in [3.63, 3.8) is 0 Å². The van der Waals surface area contributed by atoms with Gasteiger partial charge in [-0.05, 0) is 43.2 Å². The van der Waals surface area contributed by atoms with E-state index < -0.39 is 0 Å². The summed E-state index contributed by atoms with van der Waals surface area (Å²) < 4.78 is 13.5. The molecule has 0 radical (unpaired) electrons. The van der Waals surface area contributed by atoms with Gasteiger partial charge in [0, 0.05) is 36.2 Å². The molecule has 2 aliphatic heterocycles. The number of nitrogens with zero attached hydrogens (tertiary/aromatic N) is 3. The molecule has 0 fully saturated rings. The highest BCUT2D eigenvalue weighted by atomic mass is 35.5. The van der Waals surface area contributed by atoms with Gasteiger partial charge in [-0.1, -0.05) is 29.6 Å². The first-order valence-electron chi connectivity index (χ1n) is 10.7. The van der Waals surface area contributed by atoms with E-state index in [4.69, 9.17) is 32.7 Å². The standard InChI is InChI=1S/C23H22Cl2N4O3/c24-17-7-6-15(13-16(17)22-28-27-20-5-2-1-3-8-29(20)22)26-23(30)14-11-18(25)21-19(12-14)31-9-4-10-32-21/h6-7,11-13H,1-5,8-10H2,(H,26,30). The number of hydrogen-bond donors (Lipinski definition) is 1. The van der Waals surface area contributed by atoms with Crippen molar-refractivity contribution in [2.24, 2.45) is 0 Å². The second kappa shape index (κ2) is 9.00. The lowest BCUT2D eigenvalue weighted by atomic mass is 10.1. The number of fused-ring (bicyclic) bond motifs is 2. The van der Waals surface area contributed by atoms with Crippen molar-refractivity contribution in [3.8, 4) is 22.9 Å². The normalized spacial score (nSPS) is 15.4. The Kier molecular flexibility index (Phi) is 5.93. The van der Waals surface area contributed by atoms with Crippen LogP contribution in [-0.4, -0.2) is 33.9 Å². The SMILES string of the molecule is O=C(Nc1ccc(Cl)c(-c2nnc3n2CCCCC3)c1)c1cc(Cl)c2c(c1)OCCCO2. The molecule has 0 saturated carbocycles. The van der Waals surface area contributed by atoms with Crippen LogP contribution in [0.5, 0.6) is 11.5 Å². The van der Waals surface area contributed by atoms with Crippen molar-refractivity contribution < 1.29 is 14.3 Å². The molecule has 9 heteroatoms. The van der Waals surface area contributed by atoms with Gasteiger partial charge in [0.2, 0.25) is 0 Å². The number of carbonyl (C=O) groups excluding carboxylic acids is 1. The topological polar surface area (TPSA) is 78.3 Å². The molecule has 32 heavy (non-hydrogen) atoms. The number of anilines is 1. The molecule has 0 saturated heterocycles. The molecule has 3 heterocycles. The Balaban J connectivity index is 1.43. The Bertz CT molecular complexity index is 1180. The zero-order chi connectivity index (χ0) is 22.1. The lowest BCUT2D eigenvalue weighted by molar-refractivity contribution is 0.102. The fraction of sp³-hybridized carbons (Fsp3) is 0.348. The van der Waals surface area contributed by atoms with E-state index in [1.165, 1.54) is 6.42 Å². The molecule has 0 aliphatic carbocycles. The van der Waals surface area contributed by atoms with Gasteiger partial charge < -0.3 is 19.4 Å². The Morgan fingerprint density at radius 2 is 1.84 bits per heavy atom. The third-order valence-corrected chi connectivity index (χ3v) is 6.25. The number of rotatable bonds is 3. The van der Waals surface area contributed by atoms with Gasteiger partial charge in [-0.2, -0.15) is 0 Å². The summed E-state index contributed by atoms with van der Waals surface area (Å²) in [7, 11) is 0. The molecule has 0 atom stereocenters. The Hall–Kier alpha value is -2.77. The number of aryl methyl sites for hydroxylation is 1. The average Bonchev–Trinajstić information content (AvgIpc) is 2.96. The fourth-order valence-electron chi connectivity index (χ4n) is 4.02. The highest BCUT2D eigenvalue weighted by Crippen LogP contribution is 2.38. The predicted molar refractivity (Wildman–Crippen MR) is 123 cm³/mol. The van der Waals surface area contributed by atoms with E-state index in [9.17, 15) is 4.79 Å². The minimum absolute atomic E-state index is 0.309. The van der Waals surface area contributed by atoms with Gasteiger partial charge in [0.15, 0.2) is 17.3 Å². The number of aromatic nitrogens is 3. The number of halogens is 2. The number of ether oxygens (including phenoxy) is 2. The van der Waals surface area contributed by atoms with Crippen molar-refractivity contribution in [2.45, 2.75) is 38.6 Å². The van der Waals surface area contributed by atoms with Gasteiger partial charge in [-0.3, -0.25) is 4.79 Å². The summed E-state index contributed by atoms with van der Waals surface area (Å²) in [6.07, 6.45) is 5.03. The largest absolute Gasteiger partial charge is 0.489 e. The van der Waals surface area contributed by atoms with Crippen molar-refractivity contribution in [3.05, 3.63) is 51.8 Å². The van der Waals surface area contributed by atoms with Crippen LogP contribution < -0.4 is 14.8 Å². The number of hydrogen-bond acceptors (Lipinski definition) is 5. The van der Waals surface area contributed by atoms with E-state index in [0.29, 0.717) is 46.0 Å². The zero-order valence-corrected chi connectivity index (χ0v) is 18.9. The van der Waals surface area contributed by atoms with Crippen molar-refractivity contribution >= 4 is 34.8 Å². The molecule has 0 unspecified atom stereocenters. The number of benzene rings is 2. The maximum Gasteiger partial charge on any atom is 0.255 e. The smallest absolute Gasteiger partial charge is 0.255 e. The first kappa shape index (κ1) is 21.1. The van der Waals surface area contributed by atoms with E-state index in [1.54, 1.807) is 24.3 Å². The number of amides is 1. The molecule has 2 aliphatic rings. The summed E-state index contributed by atoms with van der Waals surface area (Å²) in [4.78, 5) is 13.0. The van der Waals surface area contributed by atoms with Crippen molar-refractivity contribution in [2.75, 3.05) is 18.5 Å². The minimum atomic E-state index is -0.309. The van der Waals surface area contributed by atoms with Crippen LogP contribution in [0, 0.1) is 0 Å². The average molecular weight is 473 g/mol. The van der Waals surface area contributed by atoms with Gasteiger partial charge in [0.05, 0.1) is 23.3 Å². The highest BCUT2D eigenvalue weighted by molar-refractivity contribution is 6.33. The Labute approximate surface area is 195 Å². The molecule has 1 N–H and O–H groups in total. The van der Waals surface area contributed by atoms with Gasteiger partial charge in [0.25, 0.3) is 5.91 Å². The monoisotopic (exact) mass is 472 g/mol. The molecule has 166 valence electrons. The van der Waals surface area contributed by atoms with Crippen LogP contribution in [0.4, 0.5) is 5.69 Å². The first-order chi connectivity index (χ1) is 15.6. The number of nitrogens with one attached hydrogen (secondary N) is 1. The molecule has 3 aromatic rings. The molecule has 0 bridgehead atoms. The summed E-state index contributed by atoms with van der Waals surface area (Å²) >= 11 is 12.8. The van der Waals surface area contributed by atoms with Crippen LogP contribution in [0.2, 0.25) is 10.0 Å². The lowest BCUT2D eigenvalue weighted by Crippen LogP contribution is -2.12. The summed E-state index contributed by atoms with van der Waals surface area (Å²) in [6, 6.07) is 8.57. The Morgan fingerprint density at radius 3 is 2.75 bits per heavy atom. The van der Waals surface area contributed by atoms with Crippen LogP contribution in [0.25, 0.3) is 11.4 Å². The second-order valence-electron chi connectivity index (χ2n) is 7.89. The van der Waals surface area contributed by atoms with E-state index in [-0.39, 0.29) is 5.91 Å². The molecule has 5 rings (SSSR count). The molecule has 1 aromatic heterocycles. The molecular formula is C23H22Cl2N4O3. The van der Waals surface area contributed by atoms with Crippen LogP contribution in [0.3, 0.4) is 0 Å². The molecule has 2 aromatic carbocycles. The van der Waals surface area contributed by atoms with Crippen LogP contribution in [0.15, 0.2) is 30.3 Å². The van der Waals surface area contributed by atoms with Crippen LogP contribution in [-0.2, 0) is 13.0 Å². The summed E-state index contributed by atoms with van der Waals surface area (Å²) in [5, 5.41) is 12.6. The summed E-state index contributed by atoms with van der Waals surface area (Å²) in [5.74, 6) is 2.34. The third kappa shape index (κ3) is 4.14. The maximum atomic E-state index is 13.0. The Morgan fingerprint density at radius 1 is 0.969 bits per heavy atom. The maximum absolute atomic E-state index is 13.0. The summed E-state index contributed by atoms with van der Waals surface area (Å²) in [5.41, 5.74) is 1.72. The molecular weight excluding hydrogens is 451 g/mol. The van der Waals surface area contributed by atoms with Crippen LogP contribution >= 0.6 is 23.2 Å². The van der Waals surface area contributed by atoms with E-state index >= 15 is 0 Å². The van der Waals surface area contributed by atoms with Gasteiger partial charge >= 0.3 is 0 Å². The van der Waals surface area contributed by atoms with Crippen molar-refractivity contribution in [1.82, 2.24) is 14.8 Å². The zero-order valence-electron chi connectivity index (χ0n) is 17.4. The van der Waals surface area contributed by atoms with E-state index in [0.717, 1.165) is 49.4 Å². The molecule has 0 spiro atoms. The second-order valence-corrected chi connectivity index (χ2v) is 8.70. The predicted octanol–water partition coefficient (Wildman–Crippen LogP) is 5.39. The quantitative estimate of drug-likeness (QED) is 0.552. The van der Waals surface area contributed by atoms with E-state index in [2.05, 4.69) is 20.1 Å².